The summed E-state index contributed by atoms with van der Waals surface area (Å²) in [6, 6.07) is 20.5. The van der Waals surface area contributed by atoms with E-state index in [1.165, 1.54) is 12.1 Å². The number of benzene rings is 3. The number of nitrogens with one attached hydrogen (secondary N) is 1. The van der Waals surface area contributed by atoms with Gasteiger partial charge in [0.2, 0.25) is 5.91 Å². The van der Waals surface area contributed by atoms with Gasteiger partial charge >= 0.3 is 0 Å². The molecule has 1 aliphatic rings. The first-order valence-electron chi connectivity index (χ1n) is 11.7. The second kappa shape index (κ2) is 10.8. The summed E-state index contributed by atoms with van der Waals surface area (Å²) in [6.07, 6.45) is 2.63. The maximum Gasteiger partial charge on any atom is 0.264 e. The van der Waals surface area contributed by atoms with Gasteiger partial charge in [0.05, 0.1) is 30.3 Å². The molecule has 0 saturated heterocycles. The molecule has 0 heterocycles. The first-order chi connectivity index (χ1) is 16.9. The van der Waals surface area contributed by atoms with Crippen molar-refractivity contribution in [2.75, 3.05) is 24.6 Å². The van der Waals surface area contributed by atoms with Crippen LogP contribution in [0.3, 0.4) is 0 Å². The molecule has 1 unspecified atom stereocenters. The number of nitrogens with zero attached hydrogens (tertiary/aromatic N) is 1. The molecule has 35 heavy (non-hydrogen) atoms. The predicted molar refractivity (Wildman–Crippen MR) is 135 cm³/mol. The molecule has 3 aromatic rings. The Hall–Kier alpha value is -3.52. The Kier molecular flexibility index (Phi) is 7.60. The Morgan fingerprint density at radius 1 is 1.03 bits per heavy atom. The normalized spacial score (nSPS) is 15.1. The second-order valence-corrected chi connectivity index (χ2v) is 10.2. The number of hydrogen-bond donors (Lipinski definition) is 1. The van der Waals surface area contributed by atoms with Crippen molar-refractivity contribution in [3.63, 3.8) is 0 Å². The molecule has 1 atom stereocenters. The molecule has 4 rings (SSSR count). The topological polar surface area (TPSA) is 84.9 Å². The number of hydrogen-bond acceptors (Lipinski definition) is 5. The molecule has 1 N–H and O–H groups in total. The largest absolute Gasteiger partial charge is 0.497 e. The molecule has 0 aromatic heterocycles. The summed E-state index contributed by atoms with van der Waals surface area (Å²) in [5.41, 5.74) is 2.58. The van der Waals surface area contributed by atoms with E-state index in [4.69, 9.17) is 9.47 Å². The number of carbonyl (C=O) groups is 1. The number of ether oxygens (including phenoxy) is 2. The quantitative estimate of drug-likeness (QED) is 0.474. The number of aryl methyl sites for hydroxylation is 1. The van der Waals surface area contributed by atoms with Gasteiger partial charge in [-0.15, -0.1) is 0 Å². The first kappa shape index (κ1) is 24.6. The van der Waals surface area contributed by atoms with Gasteiger partial charge in [-0.2, -0.15) is 0 Å². The van der Waals surface area contributed by atoms with Crippen molar-refractivity contribution in [2.24, 2.45) is 0 Å². The van der Waals surface area contributed by atoms with Crippen LogP contribution in [0, 0.1) is 0 Å². The van der Waals surface area contributed by atoms with E-state index in [0.717, 1.165) is 40.4 Å². The number of sulfonamides is 1. The molecule has 184 valence electrons. The third-order valence-corrected chi connectivity index (χ3v) is 7.84. The van der Waals surface area contributed by atoms with Gasteiger partial charge in [0.15, 0.2) is 0 Å². The van der Waals surface area contributed by atoms with Crippen molar-refractivity contribution in [1.29, 1.82) is 0 Å². The van der Waals surface area contributed by atoms with Gasteiger partial charge in [-0.1, -0.05) is 24.3 Å². The minimum atomic E-state index is -3.97. The molecule has 0 saturated carbocycles. The molecule has 0 bridgehead atoms. The Labute approximate surface area is 206 Å². The van der Waals surface area contributed by atoms with Gasteiger partial charge in [0.1, 0.15) is 18.0 Å². The molecular weight excluding hydrogens is 464 g/mol. The Morgan fingerprint density at radius 3 is 2.43 bits per heavy atom. The van der Waals surface area contributed by atoms with Crippen molar-refractivity contribution >= 4 is 21.6 Å². The van der Waals surface area contributed by atoms with Crippen LogP contribution in [0.5, 0.6) is 11.5 Å². The fourth-order valence-electron chi connectivity index (χ4n) is 4.35. The molecule has 0 spiro atoms. The summed E-state index contributed by atoms with van der Waals surface area (Å²) in [5, 5.41) is 3.06. The summed E-state index contributed by atoms with van der Waals surface area (Å²) in [7, 11) is -2.34. The van der Waals surface area contributed by atoms with Gasteiger partial charge in [-0.05, 0) is 85.8 Å². The zero-order chi connectivity index (χ0) is 24.8. The van der Waals surface area contributed by atoms with Crippen molar-refractivity contribution in [3.05, 3.63) is 83.9 Å². The molecule has 0 aliphatic heterocycles. The second-order valence-electron chi connectivity index (χ2n) is 8.33. The van der Waals surface area contributed by atoms with E-state index in [0.29, 0.717) is 18.0 Å². The van der Waals surface area contributed by atoms with Crippen LogP contribution in [0.1, 0.15) is 36.9 Å². The SMILES string of the molecule is CCOc1ccc(N(CC(=O)NC2CCCc3cc(OC)ccc32)S(=O)(=O)c2ccccc2)cc1. The van der Waals surface area contributed by atoms with Crippen molar-refractivity contribution in [3.8, 4) is 11.5 Å². The number of fused-ring (bicyclic) bond motifs is 1. The smallest absolute Gasteiger partial charge is 0.264 e. The van der Waals surface area contributed by atoms with Gasteiger partial charge in [0, 0.05) is 0 Å². The Morgan fingerprint density at radius 2 is 1.74 bits per heavy atom. The third-order valence-electron chi connectivity index (χ3n) is 6.05. The van der Waals surface area contributed by atoms with Crippen molar-refractivity contribution < 1.29 is 22.7 Å². The summed E-state index contributed by atoms with van der Waals surface area (Å²) < 4.78 is 39.0. The number of amides is 1. The zero-order valence-electron chi connectivity index (χ0n) is 19.9. The fourth-order valence-corrected chi connectivity index (χ4v) is 5.79. The maximum absolute atomic E-state index is 13.5. The van der Waals surface area contributed by atoms with E-state index in [1.54, 1.807) is 49.6 Å². The van der Waals surface area contributed by atoms with E-state index >= 15 is 0 Å². The highest BCUT2D eigenvalue weighted by Crippen LogP contribution is 2.32. The van der Waals surface area contributed by atoms with Gasteiger partial charge in [-0.25, -0.2) is 8.42 Å². The minimum absolute atomic E-state index is 0.122. The highest BCUT2D eigenvalue weighted by atomic mass is 32.2. The van der Waals surface area contributed by atoms with E-state index in [2.05, 4.69) is 5.32 Å². The molecular formula is C27H30N2O5S. The van der Waals surface area contributed by atoms with Crippen LogP contribution in [0.4, 0.5) is 5.69 Å². The standard InChI is InChI=1S/C27H30N2O5S/c1-3-34-22-14-12-21(13-15-22)29(35(31,32)24-9-5-4-6-10-24)19-27(30)28-26-11-7-8-20-18-23(33-2)16-17-25(20)26/h4-6,9-10,12-18,26H,3,7-8,11,19H2,1-2H3,(H,28,30). The molecule has 8 heteroatoms. The first-order valence-corrected chi connectivity index (χ1v) is 13.1. The van der Waals surface area contributed by atoms with Crippen LogP contribution in [0.2, 0.25) is 0 Å². The van der Waals surface area contributed by atoms with Crippen LogP contribution in [0.15, 0.2) is 77.7 Å². The lowest BCUT2D eigenvalue weighted by atomic mass is 9.87. The van der Waals surface area contributed by atoms with Crippen LogP contribution >= 0.6 is 0 Å². The van der Waals surface area contributed by atoms with Crippen LogP contribution < -0.4 is 19.1 Å². The maximum atomic E-state index is 13.5. The van der Waals surface area contributed by atoms with Crippen LogP contribution in [0.25, 0.3) is 0 Å². The minimum Gasteiger partial charge on any atom is -0.497 e. The lowest BCUT2D eigenvalue weighted by Crippen LogP contribution is -2.42. The average Bonchev–Trinajstić information content (AvgIpc) is 2.88. The Balaban J connectivity index is 1.60. The van der Waals surface area contributed by atoms with Crippen molar-refractivity contribution in [2.45, 2.75) is 37.1 Å². The lowest BCUT2D eigenvalue weighted by molar-refractivity contribution is -0.120. The highest BCUT2D eigenvalue weighted by Gasteiger charge is 2.29. The van der Waals surface area contributed by atoms with Crippen LogP contribution in [-0.4, -0.2) is 34.6 Å². The van der Waals surface area contributed by atoms with Crippen LogP contribution in [-0.2, 0) is 21.2 Å². The van der Waals surface area contributed by atoms with Gasteiger partial charge < -0.3 is 14.8 Å². The Bertz CT molecular complexity index is 1260. The monoisotopic (exact) mass is 494 g/mol. The van der Waals surface area contributed by atoms with E-state index < -0.39 is 10.0 Å². The molecule has 7 nitrogen and oxygen atoms in total. The van der Waals surface area contributed by atoms with E-state index in [-0.39, 0.29) is 23.4 Å². The summed E-state index contributed by atoms with van der Waals surface area (Å²) in [5.74, 6) is 1.05. The molecule has 0 fully saturated rings. The number of carbonyl (C=O) groups excluding carboxylic acids is 1. The fraction of sp³-hybridized carbons (Fsp3) is 0.296. The van der Waals surface area contributed by atoms with Crippen molar-refractivity contribution in [1.82, 2.24) is 5.32 Å². The predicted octanol–water partition coefficient (Wildman–Crippen LogP) is 4.48. The van der Waals surface area contributed by atoms with E-state index in [9.17, 15) is 13.2 Å². The summed E-state index contributed by atoms with van der Waals surface area (Å²) in [6.45, 7) is 2.04. The average molecular weight is 495 g/mol. The molecule has 1 amide bonds. The number of methoxy groups -OCH3 is 1. The highest BCUT2D eigenvalue weighted by molar-refractivity contribution is 7.92. The summed E-state index contributed by atoms with van der Waals surface area (Å²) in [4.78, 5) is 13.3. The molecule has 0 radical (unpaired) electrons. The van der Waals surface area contributed by atoms with Gasteiger partial charge in [-0.3, -0.25) is 9.10 Å². The van der Waals surface area contributed by atoms with Gasteiger partial charge in [0.25, 0.3) is 10.0 Å². The third kappa shape index (κ3) is 5.59. The number of rotatable bonds is 9. The lowest BCUT2D eigenvalue weighted by Gasteiger charge is -2.29. The molecule has 3 aromatic carbocycles. The molecule has 1 aliphatic carbocycles. The van der Waals surface area contributed by atoms with E-state index in [1.807, 2.05) is 25.1 Å². The summed E-state index contributed by atoms with van der Waals surface area (Å²) >= 11 is 0. The number of anilines is 1. The zero-order valence-corrected chi connectivity index (χ0v) is 20.8.